The van der Waals surface area contributed by atoms with Crippen LogP contribution >= 0.6 is 24.4 Å². The van der Waals surface area contributed by atoms with E-state index >= 15 is 0 Å². The quantitative estimate of drug-likeness (QED) is 0.366. The summed E-state index contributed by atoms with van der Waals surface area (Å²) >= 11 is 10.4. The van der Waals surface area contributed by atoms with Crippen molar-refractivity contribution in [1.82, 2.24) is 24.7 Å². The second-order valence-corrected chi connectivity index (χ2v) is 6.95. The number of nitrogens with one attached hydrogen (secondary N) is 2. The molecule has 4 rings (SSSR count). The summed E-state index contributed by atoms with van der Waals surface area (Å²) in [6, 6.07) is 18.4. The number of hydrogen-bond donors (Lipinski definition) is 2. The Morgan fingerprint density at radius 3 is 2.32 bits per heavy atom. The Morgan fingerprint density at radius 2 is 1.68 bits per heavy atom. The van der Waals surface area contributed by atoms with E-state index in [9.17, 15) is 0 Å². The van der Waals surface area contributed by atoms with Crippen LogP contribution in [0.15, 0.2) is 65.9 Å². The van der Waals surface area contributed by atoms with Crippen LogP contribution in [0.5, 0.6) is 0 Å². The van der Waals surface area contributed by atoms with Crippen LogP contribution < -0.4 is 0 Å². The molecule has 2 N–H and O–H groups in total. The van der Waals surface area contributed by atoms with Crippen molar-refractivity contribution >= 4 is 30.7 Å². The van der Waals surface area contributed by atoms with E-state index < -0.39 is 0 Å². The number of aryl methyl sites for hydroxylation is 1. The molecule has 2 aromatic heterocycles. The fraction of sp³-hybridized carbons (Fsp3) is 0.100. The van der Waals surface area contributed by atoms with Gasteiger partial charge in [0.15, 0.2) is 0 Å². The molecule has 4 aromatic rings. The zero-order valence-electron chi connectivity index (χ0n) is 15.2. The van der Waals surface area contributed by atoms with Crippen molar-refractivity contribution in [3.8, 4) is 16.9 Å². The van der Waals surface area contributed by atoms with Crippen LogP contribution in [-0.4, -0.2) is 30.9 Å². The summed E-state index contributed by atoms with van der Waals surface area (Å²) in [5.74, 6) is 0. The second kappa shape index (κ2) is 7.87. The van der Waals surface area contributed by atoms with E-state index in [1.807, 2.05) is 41.2 Å². The van der Waals surface area contributed by atoms with Crippen LogP contribution in [0, 0.1) is 9.54 Å². The smallest absolute Gasteiger partial charge is 0.215 e. The lowest BCUT2D eigenvalue weighted by Crippen LogP contribution is -1.94. The molecule has 0 saturated carbocycles. The number of para-hydroxylation sites is 1. The van der Waals surface area contributed by atoms with Crippen LogP contribution in [0.2, 0.25) is 0 Å². The predicted molar refractivity (Wildman–Crippen MR) is 116 cm³/mol. The molecule has 0 bridgehead atoms. The van der Waals surface area contributed by atoms with Gasteiger partial charge in [-0.3, -0.25) is 10.2 Å². The minimum absolute atomic E-state index is 0.408. The molecule has 0 spiro atoms. The first-order valence-electron chi connectivity index (χ1n) is 8.84. The third-order valence-corrected chi connectivity index (χ3v) is 4.92. The highest BCUT2D eigenvalue weighted by Gasteiger charge is 2.11. The van der Waals surface area contributed by atoms with Gasteiger partial charge in [-0.2, -0.15) is 14.9 Å². The lowest BCUT2D eigenvalue weighted by atomic mass is 10.1. The number of nitrogens with zero attached hydrogens (tertiary/aromatic N) is 4. The van der Waals surface area contributed by atoms with Crippen LogP contribution in [0.25, 0.3) is 16.9 Å². The molecule has 0 fully saturated rings. The molecular formula is C20H18N6S2. The van der Waals surface area contributed by atoms with Crippen molar-refractivity contribution in [2.45, 2.75) is 13.3 Å². The van der Waals surface area contributed by atoms with Crippen molar-refractivity contribution in [2.24, 2.45) is 5.10 Å². The summed E-state index contributed by atoms with van der Waals surface area (Å²) < 4.78 is 4.13. The van der Waals surface area contributed by atoms with E-state index in [0.29, 0.717) is 9.54 Å². The number of hydrogen-bond acceptors (Lipinski definition) is 4. The van der Waals surface area contributed by atoms with Gasteiger partial charge in [0.05, 0.1) is 11.9 Å². The van der Waals surface area contributed by atoms with Gasteiger partial charge >= 0.3 is 0 Å². The van der Waals surface area contributed by atoms with E-state index in [1.165, 1.54) is 10.2 Å². The van der Waals surface area contributed by atoms with E-state index in [-0.39, 0.29) is 0 Å². The minimum atomic E-state index is 0.408. The Kier molecular flexibility index (Phi) is 5.14. The molecule has 0 aliphatic carbocycles. The molecule has 28 heavy (non-hydrogen) atoms. The van der Waals surface area contributed by atoms with E-state index in [1.54, 1.807) is 6.21 Å². The molecule has 140 valence electrons. The third-order valence-electron chi connectivity index (χ3n) is 4.37. The maximum atomic E-state index is 5.20. The molecule has 2 heterocycles. The highest BCUT2D eigenvalue weighted by Crippen LogP contribution is 2.23. The molecule has 0 unspecified atom stereocenters. The van der Waals surface area contributed by atoms with Crippen LogP contribution in [0.4, 0.5) is 0 Å². The molecular weight excluding hydrogens is 388 g/mol. The van der Waals surface area contributed by atoms with Gasteiger partial charge in [0.25, 0.3) is 0 Å². The molecule has 0 atom stereocenters. The summed E-state index contributed by atoms with van der Waals surface area (Å²) in [6.45, 7) is 2.14. The van der Waals surface area contributed by atoms with Crippen molar-refractivity contribution < 1.29 is 0 Å². The van der Waals surface area contributed by atoms with Gasteiger partial charge in [-0.1, -0.05) is 49.4 Å². The van der Waals surface area contributed by atoms with Crippen LogP contribution in [0.3, 0.4) is 0 Å². The minimum Gasteiger partial charge on any atom is -0.273 e. The number of rotatable bonds is 5. The maximum absolute atomic E-state index is 5.20. The first-order chi connectivity index (χ1) is 13.7. The van der Waals surface area contributed by atoms with Crippen molar-refractivity contribution in [3.63, 3.8) is 0 Å². The van der Waals surface area contributed by atoms with Gasteiger partial charge in [0, 0.05) is 17.3 Å². The average Bonchev–Trinajstić information content (AvgIpc) is 3.30. The van der Waals surface area contributed by atoms with Gasteiger partial charge in [-0.15, -0.1) is 0 Å². The third kappa shape index (κ3) is 3.64. The first kappa shape index (κ1) is 18.3. The molecule has 8 heteroatoms. The fourth-order valence-electron chi connectivity index (χ4n) is 2.85. The molecule has 0 radical (unpaired) electrons. The molecule has 0 amide bonds. The van der Waals surface area contributed by atoms with Gasteiger partial charge in [0.1, 0.15) is 5.69 Å². The molecule has 2 aromatic carbocycles. The Hall–Kier alpha value is -3.10. The molecule has 6 nitrogen and oxygen atoms in total. The van der Waals surface area contributed by atoms with Gasteiger partial charge in [0.2, 0.25) is 9.54 Å². The summed E-state index contributed by atoms with van der Waals surface area (Å²) in [5.41, 5.74) is 4.99. The number of aromatic amines is 2. The average molecular weight is 407 g/mol. The Bertz CT molecular complexity index is 1200. The number of benzene rings is 2. The van der Waals surface area contributed by atoms with Crippen LogP contribution in [-0.2, 0) is 6.42 Å². The van der Waals surface area contributed by atoms with Crippen molar-refractivity contribution in [2.75, 3.05) is 0 Å². The van der Waals surface area contributed by atoms with Gasteiger partial charge < -0.3 is 0 Å². The maximum Gasteiger partial charge on any atom is 0.215 e. The topological polar surface area (TPSA) is 66.7 Å². The number of H-pyrrole nitrogens is 2. The summed E-state index contributed by atoms with van der Waals surface area (Å²) in [4.78, 5) is 0. The molecule has 0 aliphatic rings. The summed E-state index contributed by atoms with van der Waals surface area (Å²) in [6.07, 6.45) is 4.67. The zero-order valence-corrected chi connectivity index (χ0v) is 16.8. The molecule has 0 aliphatic heterocycles. The monoisotopic (exact) mass is 406 g/mol. The first-order valence-corrected chi connectivity index (χ1v) is 9.66. The fourth-order valence-corrected chi connectivity index (χ4v) is 3.28. The Labute approximate surface area is 172 Å². The Balaban J connectivity index is 1.82. The largest absolute Gasteiger partial charge is 0.273 e. The van der Waals surface area contributed by atoms with E-state index in [2.05, 4.69) is 46.5 Å². The van der Waals surface area contributed by atoms with E-state index in [4.69, 9.17) is 29.5 Å². The SMILES string of the molecule is CCc1ccc(-c2nn(-c3ccccc3)cc2/C=N\n2c(=S)[nH][nH]c2=S)cc1. The van der Waals surface area contributed by atoms with Crippen molar-refractivity contribution in [1.29, 1.82) is 0 Å². The highest BCUT2D eigenvalue weighted by molar-refractivity contribution is 7.72. The highest BCUT2D eigenvalue weighted by atomic mass is 32.1. The van der Waals surface area contributed by atoms with Crippen LogP contribution in [0.1, 0.15) is 18.1 Å². The van der Waals surface area contributed by atoms with Gasteiger partial charge in [-0.05, 0) is 48.6 Å². The van der Waals surface area contributed by atoms with Gasteiger partial charge in [-0.25, -0.2) is 4.68 Å². The summed E-state index contributed by atoms with van der Waals surface area (Å²) in [5, 5.41) is 14.8. The standard InChI is InChI=1S/C20H18N6S2/c1-2-14-8-10-15(11-9-14)18-16(12-21-26-19(27)22-23-20(26)28)13-25(24-18)17-6-4-3-5-7-17/h3-13H,2H2,1H3,(H,22,27)(H,23,28)/b21-12-. The summed E-state index contributed by atoms with van der Waals surface area (Å²) in [7, 11) is 0. The second-order valence-electron chi connectivity index (χ2n) is 6.18. The normalized spacial score (nSPS) is 11.3. The van der Waals surface area contributed by atoms with Crippen molar-refractivity contribution in [3.05, 3.63) is 81.5 Å². The number of aromatic nitrogens is 5. The Morgan fingerprint density at radius 1 is 1.00 bits per heavy atom. The molecule has 0 saturated heterocycles. The lowest BCUT2D eigenvalue weighted by Gasteiger charge is -2.02. The van der Waals surface area contributed by atoms with E-state index in [0.717, 1.165) is 28.9 Å². The lowest BCUT2D eigenvalue weighted by molar-refractivity contribution is 0.848. The zero-order chi connectivity index (χ0) is 19.5. The predicted octanol–water partition coefficient (Wildman–Crippen LogP) is 4.90.